The zero-order chi connectivity index (χ0) is 15.3. The van der Waals surface area contributed by atoms with Crippen LogP contribution in [-0.2, 0) is 11.2 Å². The first kappa shape index (κ1) is 14.7. The Kier molecular flexibility index (Phi) is 3.58. The van der Waals surface area contributed by atoms with Crippen molar-refractivity contribution in [1.82, 2.24) is 0 Å². The van der Waals surface area contributed by atoms with Crippen molar-refractivity contribution < 1.29 is 9.90 Å². The lowest BCUT2D eigenvalue weighted by Crippen LogP contribution is -2.58. The first-order chi connectivity index (χ1) is 10.6. The van der Waals surface area contributed by atoms with Gasteiger partial charge in [0.1, 0.15) is 6.29 Å². The van der Waals surface area contributed by atoms with Crippen LogP contribution in [0, 0.1) is 29.1 Å². The molecule has 4 fully saturated rings. The molecular formula is C19H23ClO2. The van der Waals surface area contributed by atoms with Crippen molar-refractivity contribution in [2.75, 3.05) is 0 Å². The van der Waals surface area contributed by atoms with E-state index in [0.717, 1.165) is 43.4 Å². The molecule has 22 heavy (non-hydrogen) atoms. The number of hydrogen-bond donors (Lipinski definition) is 1. The lowest BCUT2D eigenvalue weighted by molar-refractivity contribution is -0.169. The molecule has 5 rings (SSSR count). The number of aliphatic hydroxyl groups excluding tert-OH is 1. The molecule has 4 aliphatic rings. The van der Waals surface area contributed by atoms with Gasteiger partial charge in [0.25, 0.3) is 0 Å². The summed E-state index contributed by atoms with van der Waals surface area (Å²) in [7, 11) is 0. The Morgan fingerprint density at radius 3 is 2.14 bits per heavy atom. The zero-order valence-electron chi connectivity index (χ0n) is 12.7. The summed E-state index contributed by atoms with van der Waals surface area (Å²) in [6.07, 6.45) is 7.12. The number of carbonyl (C=O) groups excluding carboxylic acids is 1. The molecule has 2 nitrogen and oxygen atoms in total. The second kappa shape index (κ2) is 5.35. The summed E-state index contributed by atoms with van der Waals surface area (Å²) in [6.45, 7) is 0. The zero-order valence-corrected chi connectivity index (χ0v) is 13.5. The predicted molar refractivity (Wildman–Crippen MR) is 86.7 cm³/mol. The van der Waals surface area contributed by atoms with Crippen LogP contribution in [0.3, 0.4) is 0 Å². The molecule has 0 heterocycles. The molecule has 0 aromatic heterocycles. The number of hydrogen-bond acceptors (Lipinski definition) is 2. The molecule has 0 saturated heterocycles. The summed E-state index contributed by atoms with van der Waals surface area (Å²) >= 11 is 6.00. The summed E-state index contributed by atoms with van der Waals surface area (Å²) in [6, 6.07) is 8.11. The first-order valence-corrected chi connectivity index (χ1v) is 8.86. The van der Waals surface area contributed by atoms with Crippen LogP contribution in [0.25, 0.3) is 0 Å². The van der Waals surface area contributed by atoms with Gasteiger partial charge in [0.15, 0.2) is 0 Å². The van der Waals surface area contributed by atoms with Crippen LogP contribution in [0.2, 0.25) is 5.02 Å². The lowest BCUT2D eigenvalue weighted by Gasteiger charge is -2.63. The van der Waals surface area contributed by atoms with E-state index in [1.165, 1.54) is 5.56 Å². The molecule has 3 heteroatoms. The van der Waals surface area contributed by atoms with Gasteiger partial charge in [-0.2, -0.15) is 0 Å². The van der Waals surface area contributed by atoms with Gasteiger partial charge in [-0.05, 0) is 78.9 Å². The second-order valence-corrected chi connectivity index (χ2v) is 8.19. The highest BCUT2D eigenvalue weighted by Crippen LogP contribution is 2.64. The number of aliphatic hydroxyl groups is 1. The van der Waals surface area contributed by atoms with Gasteiger partial charge in [0.05, 0.1) is 6.10 Å². The van der Waals surface area contributed by atoms with Gasteiger partial charge in [0, 0.05) is 11.4 Å². The average Bonchev–Trinajstić information content (AvgIpc) is 2.48. The van der Waals surface area contributed by atoms with Crippen molar-refractivity contribution in [3.63, 3.8) is 0 Å². The highest BCUT2D eigenvalue weighted by molar-refractivity contribution is 6.30. The molecule has 4 saturated carbocycles. The van der Waals surface area contributed by atoms with E-state index < -0.39 is 0 Å². The van der Waals surface area contributed by atoms with Crippen molar-refractivity contribution in [3.05, 3.63) is 34.9 Å². The van der Waals surface area contributed by atoms with Crippen molar-refractivity contribution in [1.29, 1.82) is 0 Å². The maximum atomic E-state index is 11.4. The fraction of sp³-hybridized carbons (Fsp3) is 0.632. The normalized spacial score (nSPS) is 42.5. The maximum Gasteiger partial charge on any atom is 0.120 e. The van der Waals surface area contributed by atoms with Crippen molar-refractivity contribution >= 4 is 17.9 Å². The molecule has 4 bridgehead atoms. The van der Waals surface area contributed by atoms with E-state index in [1.54, 1.807) is 0 Å². The summed E-state index contributed by atoms with van der Waals surface area (Å²) in [5.41, 5.74) is 1.40. The summed E-state index contributed by atoms with van der Waals surface area (Å²) < 4.78 is 0. The SMILES string of the molecule is O=CCC1(Cc2ccc(Cl)cc2)C2CC3CC1CC(C2)C3O. The van der Waals surface area contributed by atoms with Crippen LogP contribution in [0.4, 0.5) is 0 Å². The third kappa shape index (κ3) is 2.15. The molecule has 1 aromatic carbocycles. The van der Waals surface area contributed by atoms with Crippen molar-refractivity contribution in [2.24, 2.45) is 29.1 Å². The van der Waals surface area contributed by atoms with Crippen molar-refractivity contribution in [2.45, 2.75) is 44.6 Å². The molecule has 1 aromatic rings. The molecule has 0 radical (unpaired) electrons. The molecule has 0 aliphatic heterocycles. The fourth-order valence-electron chi connectivity index (χ4n) is 5.89. The Morgan fingerprint density at radius 2 is 1.64 bits per heavy atom. The standard InChI is InChI=1S/C19H23ClO2/c20-17-3-1-12(2-4-17)11-19(5-6-21)15-7-13-8-16(19)10-14(9-15)18(13)22/h1-4,6,13-16,18,22H,5,7-11H2. The van der Waals surface area contributed by atoms with E-state index >= 15 is 0 Å². The molecule has 0 unspecified atom stereocenters. The van der Waals surface area contributed by atoms with E-state index in [1.807, 2.05) is 12.1 Å². The maximum absolute atomic E-state index is 11.4. The minimum absolute atomic E-state index is 0.0859. The van der Waals surface area contributed by atoms with Gasteiger partial charge in [-0.1, -0.05) is 23.7 Å². The minimum Gasteiger partial charge on any atom is -0.393 e. The topological polar surface area (TPSA) is 37.3 Å². The van der Waals surface area contributed by atoms with Crippen LogP contribution < -0.4 is 0 Å². The smallest absolute Gasteiger partial charge is 0.120 e. The van der Waals surface area contributed by atoms with E-state index in [2.05, 4.69) is 12.1 Å². The van der Waals surface area contributed by atoms with Crippen molar-refractivity contribution in [3.8, 4) is 0 Å². The largest absolute Gasteiger partial charge is 0.393 e. The number of rotatable bonds is 4. The van der Waals surface area contributed by atoms with Gasteiger partial charge in [-0.15, -0.1) is 0 Å². The molecule has 0 spiro atoms. The molecular weight excluding hydrogens is 296 g/mol. The number of carbonyl (C=O) groups is 1. The molecule has 1 N–H and O–H groups in total. The average molecular weight is 319 g/mol. The minimum atomic E-state index is -0.0859. The monoisotopic (exact) mass is 318 g/mol. The van der Waals surface area contributed by atoms with E-state index in [4.69, 9.17) is 11.6 Å². The summed E-state index contributed by atoms with van der Waals surface area (Å²) in [5.74, 6) is 2.15. The van der Waals surface area contributed by atoms with Crippen LogP contribution in [0.15, 0.2) is 24.3 Å². The van der Waals surface area contributed by atoms with Gasteiger partial charge in [-0.3, -0.25) is 0 Å². The quantitative estimate of drug-likeness (QED) is 0.855. The van der Waals surface area contributed by atoms with Gasteiger partial charge >= 0.3 is 0 Å². The fourth-order valence-corrected chi connectivity index (χ4v) is 6.02. The second-order valence-electron chi connectivity index (χ2n) is 7.75. The van der Waals surface area contributed by atoms with Crippen LogP contribution in [-0.4, -0.2) is 17.5 Å². The number of halogens is 1. The molecule has 0 amide bonds. The first-order valence-electron chi connectivity index (χ1n) is 8.48. The predicted octanol–water partition coefficient (Wildman–Crippen LogP) is 3.88. The lowest BCUT2D eigenvalue weighted by atomic mass is 9.43. The Balaban J connectivity index is 1.66. The van der Waals surface area contributed by atoms with Crippen LogP contribution in [0.1, 0.15) is 37.7 Å². The summed E-state index contributed by atoms with van der Waals surface area (Å²) in [4.78, 5) is 11.4. The Hall–Kier alpha value is -0.860. The van der Waals surface area contributed by atoms with Gasteiger partial charge < -0.3 is 9.90 Å². The van der Waals surface area contributed by atoms with Gasteiger partial charge in [0.2, 0.25) is 0 Å². The highest BCUT2D eigenvalue weighted by Gasteiger charge is 2.59. The third-order valence-corrected chi connectivity index (χ3v) is 7.10. The Bertz CT molecular complexity index is 535. The molecule has 0 atom stereocenters. The number of aldehydes is 1. The molecule has 4 aliphatic carbocycles. The van der Waals surface area contributed by atoms with Crippen LogP contribution >= 0.6 is 11.6 Å². The Labute approximate surface area is 136 Å². The van der Waals surface area contributed by atoms with E-state index in [9.17, 15) is 9.90 Å². The van der Waals surface area contributed by atoms with E-state index in [0.29, 0.717) is 30.1 Å². The third-order valence-electron chi connectivity index (χ3n) is 6.85. The highest BCUT2D eigenvalue weighted by atomic mass is 35.5. The van der Waals surface area contributed by atoms with E-state index in [-0.39, 0.29) is 11.5 Å². The Morgan fingerprint density at radius 1 is 1.09 bits per heavy atom. The van der Waals surface area contributed by atoms with Crippen LogP contribution in [0.5, 0.6) is 0 Å². The van der Waals surface area contributed by atoms with Gasteiger partial charge in [-0.25, -0.2) is 0 Å². The summed E-state index contributed by atoms with van der Waals surface area (Å²) in [5, 5.41) is 11.1. The molecule has 118 valence electrons. The number of benzene rings is 1.